The zero-order chi connectivity index (χ0) is 23.1. The average Bonchev–Trinajstić information content (AvgIpc) is 3.42. The molecule has 3 fully saturated rings. The number of halogens is 3. The maximum atomic E-state index is 13.2. The first-order valence-corrected chi connectivity index (χ1v) is 12.3. The van der Waals surface area contributed by atoms with Gasteiger partial charge >= 0.3 is 6.18 Å². The van der Waals surface area contributed by atoms with Crippen molar-refractivity contribution in [3.8, 4) is 0 Å². The van der Waals surface area contributed by atoms with Crippen LogP contribution in [0.5, 0.6) is 0 Å². The van der Waals surface area contributed by atoms with Crippen LogP contribution in [0.25, 0.3) is 0 Å². The van der Waals surface area contributed by atoms with Crippen molar-refractivity contribution < 1.29 is 31.5 Å². The molecule has 1 aromatic rings. The van der Waals surface area contributed by atoms with Gasteiger partial charge in [0.25, 0.3) is 0 Å². The summed E-state index contributed by atoms with van der Waals surface area (Å²) in [6.07, 6.45) is -1.16. The Kier molecular flexibility index (Phi) is 6.34. The largest absolute Gasteiger partial charge is 0.593 e. The molecule has 0 spiro atoms. The van der Waals surface area contributed by atoms with Crippen LogP contribution in [0, 0.1) is 0 Å². The summed E-state index contributed by atoms with van der Waals surface area (Å²) < 4.78 is 66.4. The zero-order valence-corrected chi connectivity index (χ0v) is 18.4. The number of sulfonamides is 1. The number of rotatable bonds is 4. The minimum atomic E-state index is -4.66. The molecule has 3 aliphatic rings. The van der Waals surface area contributed by atoms with E-state index in [1.807, 2.05) is 4.90 Å². The Hall–Kier alpha value is -1.98. The van der Waals surface area contributed by atoms with Gasteiger partial charge in [0.1, 0.15) is 6.04 Å². The Morgan fingerprint density at radius 1 is 1.06 bits per heavy atom. The molecule has 3 saturated heterocycles. The van der Waals surface area contributed by atoms with E-state index >= 15 is 0 Å². The molecule has 0 aromatic heterocycles. The molecule has 0 radical (unpaired) electrons. The van der Waals surface area contributed by atoms with Gasteiger partial charge in [-0.2, -0.15) is 13.2 Å². The smallest absolute Gasteiger partial charge is 0.416 e. The zero-order valence-electron chi connectivity index (χ0n) is 17.6. The van der Waals surface area contributed by atoms with E-state index in [-0.39, 0.29) is 24.4 Å². The van der Waals surface area contributed by atoms with E-state index in [4.69, 9.17) is 0 Å². The van der Waals surface area contributed by atoms with Gasteiger partial charge < -0.3 is 14.4 Å². The molecule has 3 aliphatic heterocycles. The average molecular weight is 474 g/mol. The second-order valence-electron chi connectivity index (χ2n) is 8.55. The highest BCUT2D eigenvalue weighted by molar-refractivity contribution is 7.95. The third kappa shape index (κ3) is 4.42. The maximum Gasteiger partial charge on any atom is 0.416 e. The first-order valence-electron chi connectivity index (χ1n) is 10.9. The van der Waals surface area contributed by atoms with Crippen molar-refractivity contribution in [3.63, 3.8) is 0 Å². The van der Waals surface area contributed by atoms with Crippen LogP contribution in [0.2, 0.25) is 0 Å². The van der Waals surface area contributed by atoms with Gasteiger partial charge in [0.2, 0.25) is 11.8 Å². The SMILES string of the molecule is O=C(C1CCCN1[S+](=O)([O-])c1cccc(C(F)(F)F)c1)N1CCC(N2CCCC2=O)CC1. The number of hydrogen-bond donors (Lipinski definition) is 0. The van der Waals surface area contributed by atoms with Crippen LogP contribution in [0.1, 0.15) is 44.1 Å². The summed E-state index contributed by atoms with van der Waals surface area (Å²) in [4.78, 5) is 28.2. The molecule has 2 atom stereocenters. The van der Waals surface area contributed by atoms with Crippen molar-refractivity contribution in [3.05, 3.63) is 29.8 Å². The Labute approximate surface area is 185 Å². The van der Waals surface area contributed by atoms with Crippen molar-refractivity contribution in [2.75, 3.05) is 26.2 Å². The number of benzene rings is 1. The molecule has 32 heavy (non-hydrogen) atoms. The Morgan fingerprint density at radius 2 is 1.78 bits per heavy atom. The van der Waals surface area contributed by atoms with E-state index in [1.54, 1.807) is 4.90 Å². The number of carbonyl (C=O) groups is 2. The maximum absolute atomic E-state index is 13.2. The molecular formula is C21H26F3N3O4S. The third-order valence-electron chi connectivity index (χ3n) is 6.58. The number of piperidine rings is 1. The predicted molar refractivity (Wildman–Crippen MR) is 109 cm³/mol. The number of amides is 2. The van der Waals surface area contributed by atoms with Gasteiger partial charge in [-0.05, 0) is 44.2 Å². The predicted octanol–water partition coefficient (Wildman–Crippen LogP) is 2.69. The van der Waals surface area contributed by atoms with Crippen LogP contribution in [0.15, 0.2) is 29.2 Å². The van der Waals surface area contributed by atoms with E-state index in [1.165, 1.54) is 0 Å². The van der Waals surface area contributed by atoms with Gasteiger partial charge in [0.15, 0.2) is 15.3 Å². The van der Waals surface area contributed by atoms with Crippen molar-refractivity contribution in [1.29, 1.82) is 0 Å². The quantitative estimate of drug-likeness (QED) is 0.630. The van der Waals surface area contributed by atoms with Gasteiger partial charge in [-0.25, -0.2) is 0 Å². The number of hydrogen-bond acceptors (Lipinski definition) is 4. The van der Waals surface area contributed by atoms with Crippen molar-refractivity contribution in [2.24, 2.45) is 0 Å². The van der Waals surface area contributed by atoms with E-state index in [0.29, 0.717) is 51.3 Å². The molecule has 1 aromatic carbocycles. The van der Waals surface area contributed by atoms with Crippen LogP contribution in [-0.4, -0.2) is 68.7 Å². The standard InChI is InChI=1S/C21H26F3N3O4S/c22-21(23,24)15-4-1-5-17(14-15)32(30,31)27-11-2-6-18(27)20(29)25-12-8-16(9-13-25)26-10-3-7-19(26)28/h1,4-5,14,16,18H,2-3,6-13H2. The lowest BCUT2D eigenvalue weighted by Gasteiger charge is -2.38. The molecule has 2 unspecified atom stereocenters. The van der Waals surface area contributed by atoms with Crippen molar-refractivity contribution in [1.82, 2.24) is 14.1 Å². The minimum Gasteiger partial charge on any atom is -0.593 e. The van der Waals surface area contributed by atoms with Gasteiger partial charge in [0, 0.05) is 44.7 Å². The van der Waals surface area contributed by atoms with Crippen LogP contribution < -0.4 is 0 Å². The topological polar surface area (TPSA) is 84.0 Å². The molecular weight excluding hydrogens is 447 g/mol. The Morgan fingerprint density at radius 3 is 2.41 bits per heavy atom. The first kappa shape index (κ1) is 23.2. The van der Waals surface area contributed by atoms with Crippen LogP contribution in [0.3, 0.4) is 0 Å². The number of nitrogens with zero attached hydrogens (tertiary/aromatic N) is 3. The number of likely N-dealkylation sites (tertiary alicyclic amines) is 2. The normalized spacial score (nSPS) is 25.4. The summed E-state index contributed by atoms with van der Waals surface area (Å²) in [6.45, 7) is 1.69. The van der Waals surface area contributed by atoms with Gasteiger partial charge in [0.05, 0.1) is 5.56 Å². The Balaban J connectivity index is 1.46. The lowest BCUT2D eigenvalue weighted by atomic mass is 10.0. The summed E-state index contributed by atoms with van der Waals surface area (Å²) in [6, 6.07) is 2.81. The van der Waals surface area contributed by atoms with Gasteiger partial charge in [-0.1, -0.05) is 10.3 Å². The Bertz CT molecular complexity index is 933. The van der Waals surface area contributed by atoms with E-state index < -0.39 is 33.1 Å². The third-order valence-corrected chi connectivity index (χ3v) is 8.49. The fourth-order valence-electron chi connectivity index (χ4n) is 4.91. The molecule has 7 nitrogen and oxygen atoms in total. The summed E-state index contributed by atoms with van der Waals surface area (Å²) in [7, 11) is -4.25. The van der Waals surface area contributed by atoms with Crippen LogP contribution in [0.4, 0.5) is 13.2 Å². The second-order valence-corrected chi connectivity index (χ2v) is 10.4. The molecule has 176 valence electrons. The highest BCUT2D eigenvalue weighted by Crippen LogP contribution is 2.35. The lowest BCUT2D eigenvalue weighted by molar-refractivity contribution is -0.138. The first-order chi connectivity index (χ1) is 15.1. The molecule has 4 rings (SSSR count). The second kappa shape index (κ2) is 8.75. The fourth-order valence-corrected chi connectivity index (χ4v) is 6.60. The number of alkyl halides is 3. The van der Waals surface area contributed by atoms with Crippen molar-refractivity contribution in [2.45, 2.75) is 61.7 Å². The molecule has 0 saturated carbocycles. The highest BCUT2D eigenvalue weighted by Gasteiger charge is 2.46. The molecule has 0 aliphatic carbocycles. The van der Waals surface area contributed by atoms with E-state index in [0.717, 1.165) is 35.5 Å². The fraction of sp³-hybridized carbons (Fsp3) is 0.619. The number of carbonyl (C=O) groups excluding carboxylic acids is 2. The summed E-state index contributed by atoms with van der Waals surface area (Å²) in [5.41, 5.74) is -1.04. The minimum absolute atomic E-state index is 0.0910. The van der Waals surface area contributed by atoms with Gasteiger partial charge in [-0.3, -0.25) is 9.59 Å². The molecule has 3 heterocycles. The lowest BCUT2D eigenvalue weighted by Crippen LogP contribution is -2.53. The van der Waals surface area contributed by atoms with Gasteiger partial charge in [-0.15, -0.1) is 4.31 Å². The van der Waals surface area contributed by atoms with Crippen molar-refractivity contribution >= 4 is 22.2 Å². The highest BCUT2D eigenvalue weighted by atomic mass is 32.3. The van der Waals surface area contributed by atoms with Crippen LogP contribution in [-0.2, 0) is 30.4 Å². The van der Waals surface area contributed by atoms with E-state index in [2.05, 4.69) is 0 Å². The monoisotopic (exact) mass is 473 g/mol. The summed E-state index contributed by atoms with van der Waals surface area (Å²) >= 11 is 0. The molecule has 2 amide bonds. The summed E-state index contributed by atoms with van der Waals surface area (Å²) in [5.74, 6) is -0.173. The molecule has 11 heteroatoms. The van der Waals surface area contributed by atoms with Crippen LogP contribution >= 0.6 is 0 Å². The van der Waals surface area contributed by atoms with E-state index in [9.17, 15) is 31.5 Å². The summed E-state index contributed by atoms with van der Waals surface area (Å²) in [5, 5.41) is 0. The molecule has 0 N–H and O–H groups in total. The molecule has 0 bridgehead atoms.